The highest BCUT2D eigenvalue weighted by Crippen LogP contribution is 2.43. The summed E-state index contributed by atoms with van der Waals surface area (Å²) in [6.07, 6.45) is 0.122. The van der Waals surface area contributed by atoms with Crippen LogP contribution in [-0.4, -0.2) is 40.7 Å². The maximum Gasteiger partial charge on any atom is 0.466 e. The average molecular weight is 357 g/mol. The van der Waals surface area contributed by atoms with Gasteiger partial charge in [0.25, 0.3) is 0 Å². The van der Waals surface area contributed by atoms with E-state index in [0.717, 1.165) is 11.3 Å². The lowest BCUT2D eigenvalue weighted by Crippen LogP contribution is -2.41. The largest absolute Gasteiger partial charge is 0.466 e. The number of rotatable bonds is 5. The molecule has 2 heterocycles. The Labute approximate surface area is 148 Å². The number of esters is 1. The third-order valence-electron chi connectivity index (χ3n) is 4.86. The van der Waals surface area contributed by atoms with Crippen LogP contribution in [0, 0.1) is 6.92 Å². The quantitative estimate of drug-likeness (QED) is 0.599. The molecule has 0 saturated carbocycles. The standard InChI is InChI=1S/C16H26BClN2O4/c1-8-22-12(21)9-11(13-10(2)19-20(7)14(13)18)17-23-15(3,4)16(5,6)24-17/h11H,8-9H2,1-7H3. The van der Waals surface area contributed by atoms with Gasteiger partial charge in [-0.3, -0.25) is 9.48 Å². The Kier molecular flexibility index (Phi) is 5.38. The first-order valence-corrected chi connectivity index (χ1v) is 8.58. The first kappa shape index (κ1) is 19.3. The van der Waals surface area contributed by atoms with Gasteiger partial charge in [-0.2, -0.15) is 5.10 Å². The molecule has 1 unspecified atom stereocenters. The molecule has 1 saturated heterocycles. The third-order valence-corrected chi connectivity index (χ3v) is 5.31. The van der Waals surface area contributed by atoms with Gasteiger partial charge in [0.2, 0.25) is 0 Å². The zero-order valence-electron chi connectivity index (χ0n) is 15.5. The van der Waals surface area contributed by atoms with Gasteiger partial charge >= 0.3 is 13.1 Å². The topological polar surface area (TPSA) is 62.6 Å². The van der Waals surface area contributed by atoms with Crippen LogP contribution >= 0.6 is 11.6 Å². The summed E-state index contributed by atoms with van der Waals surface area (Å²) in [5, 5.41) is 4.83. The van der Waals surface area contributed by atoms with Crippen LogP contribution in [-0.2, 0) is 25.9 Å². The average Bonchev–Trinajstić information content (AvgIpc) is 2.81. The van der Waals surface area contributed by atoms with Crippen molar-refractivity contribution >= 4 is 24.7 Å². The molecule has 0 amide bonds. The smallest absolute Gasteiger partial charge is 0.466 e. The second-order valence-corrected chi connectivity index (χ2v) is 7.51. The molecule has 2 rings (SSSR count). The maximum atomic E-state index is 12.1. The first-order chi connectivity index (χ1) is 11.0. The van der Waals surface area contributed by atoms with E-state index in [1.54, 1.807) is 18.7 Å². The van der Waals surface area contributed by atoms with Crippen molar-refractivity contribution in [2.24, 2.45) is 7.05 Å². The normalized spacial score (nSPS) is 20.2. The third kappa shape index (κ3) is 3.48. The van der Waals surface area contributed by atoms with Crippen LogP contribution < -0.4 is 0 Å². The predicted octanol–water partition coefficient (Wildman–Crippen LogP) is 3.05. The highest BCUT2D eigenvalue weighted by Gasteiger charge is 2.55. The van der Waals surface area contributed by atoms with E-state index in [2.05, 4.69) is 5.10 Å². The van der Waals surface area contributed by atoms with Gasteiger partial charge in [-0.05, 0) is 41.5 Å². The van der Waals surface area contributed by atoms with Crippen LogP contribution in [0.1, 0.15) is 58.1 Å². The lowest BCUT2D eigenvalue weighted by molar-refractivity contribution is -0.143. The van der Waals surface area contributed by atoms with Crippen LogP contribution in [0.5, 0.6) is 0 Å². The number of nitrogens with zero attached hydrogens (tertiary/aromatic N) is 2. The second-order valence-electron chi connectivity index (χ2n) is 7.15. The van der Waals surface area contributed by atoms with Gasteiger partial charge in [0, 0.05) is 18.4 Å². The number of aromatic nitrogens is 2. The van der Waals surface area contributed by atoms with Crippen LogP contribution in [0.15, 0.2) is 0 Å². The number of hydrogen-bond acceptors (Lipinski definition) is 5. The molecule has 0 spiro atoms. The van der Waals surface area contributed by atoms with E-state index in [9.17, 15) is 4.79 Å². The van der Waals surface area contributed by atoms with Crippen LogP contribution in [0.3, 0.4) is 0 Å². The Morgan fingerprint density at radius 1 is 1.33 bits per heavy atom. The van der Waals surface area contributed by atoms with E-state index in [0.29, 0.717) is 11.8 Å². The van der Waals surface area contributed by atoms with Crippen molar-refractivity contribution in [1.29, 1.82) is 0 Å². The van der Waals surface area contributed by atoms with Gasteiger partial charge in [-0.15, -0.1) is 0 Å². The molecule has 1 aromatic rings. The monoisotopic (exact) mass is 356 g/mol. The summed E-state index contributed by atoms with van der Waals surface area (Å²) >= 11 is 6.43. The Morgan fingerprint density at radius 2 is 1.88 bits per heavy atom. The molecule has 0 aromatic carbocycles. The van der Waals surface area contributed by atoms with E-state index >= 15 is 0 Å². The summed E-state index contributed by atoms with van der Waals surface area (Å²) in [6, 6.07) is 0. The Balaban J connectivity index is 2.39. The van der Waals surface area contributed by atoms with E-state index in [1.165, 1.54) is 0 Å². The molecule has 1 aliphatic heterocycles. The number of ether oxygens (including phenoxy) is 1. The summed E-state index contributed by atoms with van der Waals surface area (Å²) in [5.41, 5.74) is 0.539. The Bertz CT molecular complexity index is 614. The van der Waals surface area contributed by atoms with Crippen LogP contribution in [0.2, 0.25) is 5.15 Å². The number of hydrogen-bond donors (Lipinski definition) is 0. The minimum Gasteiger partial charge on any atom is -0.466 e. The molecule has 0 aliphatic carbocycles. The minimum absolute atomic E-state index is 0.122. The molecule has 0 radical (unpaired) electrons. The van der Waals surface area contributed by atoms with Crippen molar-refractivity contribution in [1.82, 2.24) is 9.78 Å². The van der Waals surface area contributed by atoms with Gasteiger partial charge in [0.1, 0.15) is 5.15 Å². The molecule has 24 heavy (non-hydrogen) atoms. The molecular weight excluding hydrogens is 330 g/mol. The highest BCUT2D eigenvalue weighted by molar-refractivity contribution is 6.48. The zero-order valence-corrected chi connectivity index (χ0v) is 16.2. The number of carbonyl (C=O) groups is 1. The van der Waals surface area contributed by atoms with Crippen molar-refractivity contribution in [3.63, 3.8) is 0 Å². The van der Waals surface area contributed by atoms with Gasteiger partial charge in [0.15, 0.2) is 0 Å². The molecule has 0 N–H and O–H groups in total. The van der Waals surface area contributed by atoms with E-state index in [4.69, 9.17) is 25.6 Å². The number of aryl methyl sites for hydroxylation is 2. The van der Waals surface area contributed by atoms with Crippen molar-refractivity contribution in [3.05, 3.63) is 16.4 Å². The zero-order chi connectivity index (χ0) is 18.3. The van der Waals surface area contributed by atoms with Crippen molar-refractivity contribution in [3.8, 4) is 0 Å². The van der Waals surface area contributed by atoms with E-state index in [1.807, 2.05) is 34.6 Å². The van der Waals surface area contributed by atoms with Gasteiger partial charge < -0.3 is 14.0 Å². The summed E-state index contributed by atoms with van der Waals surface area (Å²) in [4.78, 5) is 12.1. The summed E-state index contributed by atoms with van der Waals surface area (Å²) < 4.78 is 19.0. The summed E-state index contributed by atoms with van der Waals surface area (Å²) in [5.74, 6) is -0.692. The first-order valence-electron chi connectivity index (χ1n) is 8.20. The second kappa shape index (κ2) is 6.69. The van der Waals surface area contributed by atoms with Gasteiger partial charge in [-0.25, -0.2) is 0 Å². The predicted molar refractivity (Wildman–Crippen MR) is 93.0 cm³/mol. The molecule has 1 fully saturated rings. The molecular formula is C16H26BClN2O4. The van der Waals surface area contributed by atoms with Gasteiger partial charge in [0.05, 0.1) is 29.9 Å². The highest BCUT2D eigenvalue weighted by atomic mass is 35.5. The molecule has 1 aliphatic rings. The van der Waals surface area contributed by atoms with Crippen LogP contribution in [0.25, 0.3) is 0 Å². The van der Waals surface area contributed by atoms with Crippen molar-refractivity contribution in [2.45, 2.75) is 65.0 Å². The number of carbonyl (C=O) groups excluding carboxylic acids is 1. The lowest BCUT2D eigenvalue weighted by atomic mass is 9.66. The molecule has 8 heteroatoms. The lowest BCUT2D eigenvalue weighted by Gasteiger charge is -2.32. The van der Waals surface area contributed by atoms with Gasteiger partial charge in [-0.1, -0.05) is 11.6 Å². The maximum absolute atomic E-state index is 12.1. The fraction of sp³-hybridized carbons (Fsp3) is 0.750. The minimum atomic E-state index is -0.597. The fourth-order valence-corrected chi connectivity index (χ4v) is 3.17. The Morgan fingerprint density at radius 3 is 2.29 bits per heavy atom. The SMILES string of the molecule is CCOC(=O)CC(B1OC(C)(C)C(C)(C)O1)c1c(C)nn(C)c1Cl. The van der Waals surface area contributed by atoms with Crippen molar-refractivity contribution in [2.75, 3.05) is 6.61 Å². The summed E-state index contributed by atoms with van der Waals surface area (Å²) in [6.45, 7) is 11.9. The van der Waals surface area contributed by atoms with E-state index < -0.39 is 18.3 Å². The molecule has 1 atom stereocenters. The molecule has 1 aromatic heterocycles. The number of halogens is 1. The molecule has 6 nitrogen and oxygen atoms in total. The van der Waals surface area contributed by atoms with Crippen molar-refractivity contribution < 1.29 is 18.8 Å². The van der Waals surface area contributed by atoms with Crippen LogP contribution in [0.4, 0.5) is 0 Å². The summed E-state index contributed by atoms with van der Waals surface area (Å²) in [7, 11) is 1.17. The fourth-order valence-electron chi connectivity index (χ4n) is 2.85. The molecule has 134 valence electrons. The Hall–Kier alpha value is -1.05. The molecule has 0 bridgehead atoms. The van der Waals surface area contributed by atoms with E-state index in [-0.39, 0.29) is 18.2 Å².